The Bertz CT molecular complexity index is 1370. The highest BCUT2D eigenvalue weighted by Crippen LogP contribution is 2.26. The number of furan rings is 1. The van der Waals surface area contributed by atoms with Crippen LogP contribution in [0, 0.1) is 0 Å². The molecule has 1 amide bonds. The third kappa shape index (κ3) is 4.13. The van der Waals surface area contributed by atoms with Crippen molar-refractivity contribution in [3.63, 3.8) is 0 Å². The molecular weight excluding hydrogens is 390 g/mol. The van der Waals surface area contributed by atoms with Gasteiger partial charge in [-0.2, -0.15) is 0 Å². The van der Waals surface area contributed by atoms with Crippen LogP contribution in [0.25, 0.3) is 40.0 Å². The number of nitrogens with zero attached hydrogens (tertiary/aromatic N) is 2. The summed E-state index contributed by atoms with van der Waals surface area (Å²) in [6, 6.07) is 22.5. The molecule has 2 aromatic carbocycles. The zero-order valence-corrected chi connectivity index (χ0v) is 16.4. The molecule has 0 fully saturated rings. The normalized spacial score (nSPS) is 11.2. The quantitative estimate of drug-likeness (QED) is 0.372. The summed E-state index contributed by atoms with van der Waals surface area (Å²) in [6.45, 7) is 0. The van der Waals surface area contributed by atoms with Crippen molar-refractivity contribution in [2.45, 2.75) is 0 Å². The molecule has 0 saturated carbocycles. The molecule has 0 aliphatic carbocycles. The summed E-state index contributed by atoms with van der Waals surface area (Å²) in [4.78, 5) is 20.9. The van der Waals surface area contributed by atoms with E-state index in [0.29, 0.717) is 28.4 Å². The van der Waals surface area contributed by atoms with Crippen LogP contribution in [-0.4, -0.2) is 15.9 Å². The number of carbonyl (C=O) groups excluding carboxylic acids is 1. The average molecular weight is 407 g/mol. The SMILES string of the molecule is O=C(/C=C/c1ccc(-c2ccccc2)o1)Nc1ccc2oc(-c3cccnc3)nc2c1. The molecule has 0 bridgehead atoms. The summed E-state index contributed by atoms with van der Waals surface area (Å²) >= 11 is 0. The van der Waals surface area contributed by atoms with E-state index in [2.05, 4.69) is 15.3 Å². The van der Waals surface area contributed by atoms with Gasteiger partial charge in [0.25, 0.3) is 0 Å². The van der Waals surface area contributed by atoms with Crippen LogP contribution in [0.3, 0.4) is 0 Å². The van der Waals surface area contributed by atoms with Crippen LogP contribution in [0.2, 0.25) is 0 Å². The molecule has 1 N–H and O–H groups in total. The summed E-state index contributed by atoms with van der Waals surface area (Å²) in [5.41, 5.74) is 3.69. The molecule has 5 rings (SSSR count). The average Bonchev–Trinajstić information content (AvgIpc) is 3.46. The molecule has 0 aliphatic rings. The lowest BCUT2D eigenvalue weighted by molar-refractivity contribution is -0.111. The van der Waals surface area contributed by atoms with Gasteiger partial charge >= 0.3 is 0 Å². The van der Waals surface area contributed by atoms with E-state index in [4.69, 9.17) is 8.83 Å². The fourth-order valence-corrected chi connectivity index (χ4v) is 3.16. The van der Waals surface area contributed by atoms with Crippen LogP contribution in [0.15, 0.2) is 100 Å². The lowest BCUT2D eigenvalue weighted by atomic mass is 10.2. The molecule has 31 heavy (non-hydrogen) atoms. The second-order valence-electron chi connectivity index (χ2n) is 6.83. The van der Waals surface area contributed by atoms with Gasteiger partial charge in [0, 0.05) is 29.7 Å². The minimum absolute atomic E-state index is 0.270. The minimum Gasteiger partial charge on any atom is -0.457 e. The zero-order valence-electron chi connectivity index (χ0n) is 16.4. The van der Waals surface area contributed by atoms with Crippen molar-refractivity contribution >= 4 is 28.8 Å². The largest absolute Gasteiger partial charge is 0.457 e. The molecule has 0 atom stereocenters. The van der Waals surface area contributed by atoms with Gasteiger partial charge in [-0.25, -0.2) is 4.98 Å². The molecule has 6 heteroatoms. The van der Waals surface area contributed by atoms with Crippen molar-refractivity contribution in [3.05, 3.63) is 97.0 Å². The number of hydrogen-bond acceptors (Lipinski definition) is 5. The summed E-state index contributed by atoms with van der Waals surface area (Å²) in [5, 5.41) is 2.83. The minimum atomic E-state index is -0.270. The van der Waals surface area contributed by atoms with Crippen LogP contribution in [0.4, 0.5) is 5.69 Å². The Morgan fingerprint density at radius 3 is 2.61 bits per heavy atom. The van der Waals surface area contributed by atoms with Crippen molar-refractivity contribution in [2.75, 3.05) is 5.32 Å². The van der Waals surface area contributed by atoms with E-state index in [1.165, 1.54) is 6.08 Å². The lowest BCUT2D eigenvalue weighted by Crippen LogP contribution is -2.07. The van der Waals surface area contributed by atoms with Crippen LogP contribution >= 0.6 is 0 Å². The summed E-state index contributed by atoms with van der Waals surface area (Å²) in [7, 11) is 0. The predicted molar refractivity (Wildman–Crippen MR) is 119 cm³/mol. The van der Waals surface area contributed by atoms with Crippen molar-refractivity contribution in [2.24, 2.45) is 0 Å². The molecule has 0 radical (unpaired) electrons. The maximum atomic E-state index is 12.3. The Morgan fingerprint density at radius 1 is 0.903 bits per heavy atom. The molecule has 0 aliphatic heterocycles. The van der Waals surface area contributed by atoms with E-state index in [9.17, 15) is 4.79 Å². The van der Waals surface area contributed by atoms with Gasteiger partial charge in [0.1, 0.15) is 17.0 Å². The Hall–Kier alpha value is -4.45. The highest BCUT2D eigenvalue weighted by molar-refractivity contribution is 6.02. The first-order valence-electron chi connectivity index (χ1n) is 9.70. The Kier molecular flexibility index (Phi) is 4.86. The molecule has 3 aromatic heterocycles. The second kappa shape index (κ2) is 8.12. The number of aromatic nitrogens is 2. The number of hydrogen-bond donors (Lipinski definition) is 1. The van der Waals surface area contributed by atoms with Crippen molar-refractivity contribution < 1.29 is 13.6 Å². The van der Waals surface area contributed by atoms with Gasteiger partial charge in [0.15, 0.2) is 5.58 Å². The maximum Gasteiger partial charge on any atom is 0.248 e. The summed E-state index contributed by atoms with van der Waals surface area (Å²) < 4.78 is 11.5. The third-order valence-electron chi connectivity index (χ3n) is 4.65. The van der Waals surface area contributed by atoms with Crippen molar-refractivity contribution in [1.82, 2.24) is 9.97 Å². The van der Waals surface area contributed by atoms with E-state index in [-0.39, 0.29) is 5.91 Å². The second-order valence-corrected chi connectivity index (χ2v) is 6.83. The molecule has 3 heterocycles. The Labute approximate surface area is 177 Å². The van der Waals surface area contributed by atoms with Gasteiger partial charge in [-0.3, -0.25) is 9.78 Å². The number of pyridine rings is 1. The highest BCUT2D eigenvalue weighted by Gasteiger charge is 2.09. The summed E-state index contributed by atoms with van der Waals surface area (Å²) in [6.07, 6.45) is 6.45. The molecular formula is C25H17N3O3. The zero-order chi connectivity index (χ0) is 21.0. The number of anilines is 1. The van der Waals surface area contributed by atoms with E-state index >= 15 is 0 Å². The van der Waals surface area contributed by atoms with Gasteiger partial charge in [-0.15, -0.1) is 0 Å². The van der Waals surface area contributed by atoms with Crippen LogP contribution in [0.1, 0.15) is 5.76 Å². The maximum absolute atomic E-state index is 12.3. The van der Waals surface area contributed by atoms with E-state index in [1.807, 2.05) is 54.6 Å². The Morgan fingerprint density at radius 2 is 1.77 bits per heavy atom. The number of oxazole rings is 1. The van der Waals surface area contributed by atoms with Crippen LogP contribution in [0.5, 0.6) is 0 Å². The van der Waals surface area contributed by atoms with E-state index < -0.39 is 0 Å². The van der Waals surface area contributed by atoms with Crippen molar-refractivity contribution in [3.8, 4) is 22.8 Å². The van der Waals surface area contributed by atoms with Gasteiger partial charge in [-0.05, 0) is 48.5 Å². The van der Waals surface area contributed by atoms with E-state index in [0.717, 1.165) is 16.9 Å². The molecule has 0 saturated heterocycles. The third-order valence-corrected chi connectivity index (χ3v) is 4.65. The molecule has 0 spiro atoms. The number of rotatable bonds is 5. The molecule has 6 nitrogen and oxygen atoms in total. The molecule has 5 aromatic rings. The molecule has 150 valence electrons. The number of nitrogens with one attached hydrogen (secondary N) is 1. The lowest BCUT2D eigenvalue weighted by Gasteiger charge is -2.00. The fourth-order valence-electron chi connectivity index (χ4n) is 3.16. The number of benzene rings is 2. The van der Waals surface area contributed by atoms with Gasteiger partial charge in [0.2, 0.25) is 11.8 Å². The topological polar surface area (TPSA) is 81.2 Å². The number of amides is 1. The van der Waals surface area contributed by atoms with Gasteiger partial charge in [0.05, 0.1) is 5.56 Å². The number of carbonyl (C=O) groups is 1. The van der Waals surface area contributed by atoms with Gasteiger partial charge in [-0.1, -0.05) is 30.3 Å². The van der Waals surface area contributed by atoms with Crippen LogP contribution < -0.4 is 5.32 Å². The van der Waals surface area contributed by atoms with Gasteiger partial charge < -0.3 is 14.2 Å². The number of fused-ring (bicyclic) bond motifs is 1. The first-order chi connectivity index (χ1) is 15.2. The Balaban J connectivity index is 1.28. The smallest absolute Gasteiger partial charge is 0.248 e. The first-order valence-corrected chi connectivity index (χ1v) is 9.70. The summed E-state index contributed by atoms with van der Waals surface area (Å²) in [5.74, 6) is 1.56. The monoisotopic (exact) mass is 407 g/mol. The van der Waals surface area contributed by atoms with E-state index in [1.54, 1.807) is 36.7 Å². The highest BCUT2D eigenvalue weighted by atomic mass is 16.3. The van der Waals surface area contributed by atoms with Crippen molar-refractivity contribution in [1.29, 1.82) is 0 Å². The fraction of sp³-hybridized carbons (Fsp3) is 0. The molecule has 0 unspecified atom stereocenters. The standard InChI is InChI=1S/C25H17N3O3/c29-24(13-10-20-9-12-22(30-20)17-5-2-1-3-6-17)27-19-8-11-23-21(15-19)28-25(31-23)18-7-4-14-26-16-18/h1-16H,(H,27,29)/b13-10+. The predicted octanol–water partition coefficient (Wildman–Crippen LogP) is 5.80. The first kappa shape index (κ1) is 18.6. The van der Waals surface area contributed by atoms with Crippen LogP contribution in [-0.2, 0) is 4.79 Å².